The molecule has 2 saturated heterocycles. The van der Waals surface area contributed by atoms with Crippen molar-refractivity contribution >= 4 is 23.3 Å². The van der Waals surface area contributed by atoms with Crippen LogP contribution in [-0.4, -0.2) is 41.3 Å². The zero-order valence-corrected chi connectivity index (χ0v) is 12.4. The van der Waals surface area contributed by atoms with Crippen LogP contribution < -0.4 is 5.32 Å². The van der Waals surface area contributed by atoms with Crippen molar-refractivity contribution in [3.8, 4) is 0 Å². The fourth-order valence-electron chi connectivity index (χ4n) is 3.65. The third-order valence-corrected chi connectivity index (χ3v) is 4.76. The highest BCUT2D eigenvalue weighted by atomic mass is 35.5. The number of fused-ring (bicyclic) bond motifs is 1. The first-order valence-electron chi connectivity index (χ1n) is 7.18. The SMILES string of the molecule is Cl.c1cc2cn[nH]c2cc1CN1CCC2(CCNC2)C1. The second-order valence-electron chi connectivity index (χ2n) is 6.18. The van der Waals surface area contributed by atoms with Crippen LogP contribution in [0.1, 0.15) is 18.4 Å². The van der Waals surface area contributed by atoms with E-state index in [1.165, 1.54) is 50.0 Å². The molecular weight excluding hydrogens is 272 g/mol. The molecule has 2 N–H and O–H groups in total. The lowest BCUT2D eigenvalue weighted by molar-refractivity contribution is 0.269. The predicted molar refractivity (Wildman–Crippen MR) is 83.2 cm³/mol. The molecule has 0 radical (unpaired) electrons. The molecular formula is C15H21ClN4. The highest BCUT2D eigenvalue weighted by Crippen LogP contribution is 2.36. The summed E-state index contributed by atoms with van der Waals surface area (Å²) in [6, 6.07) is 6.63. The van der Waals surface area contributed by atoms with Gasteiger partial charge in [-0.05, 0) is 43.0 Å². The third-order valence-electron chi connectivity index (χ3n) is 4.76. The van der Waals surface area contributed by atoms with E-state index in [1.807, 2.05) is 6.20 Å². The summed E-state index contributed by atoms with van der Waals surface area (Å²) in [7, 11) is 0. The Hall–Kier alpha value is -1.10. The van der Waals surface area contributed by atoms with Gasteiger partial charge < -0.3 is 5.32 Å². The topological polar surface area (TPSA) is 44.0 Å². The van der Waals surface area contributed by atoms with Gasteiger partial charge in [-0.3, -0.25) is 10.00 Å². The maximum absolute atomic E-state index is 4.09. The van der Waals surface area contributed by atoms with E-state index in [9.17, 15) is 0 Å². The van der Waals surface area contributed by atoms with Crippen molar-refractivity contribution in [2.24, 2.45) is 5.41 Å². The van der Waals surface area contributed by atoms with E-state index in [2.05, 4.69) is 38.6 Å². The number of aromatic nitrogens is 2. The maximum Gasteiger partial charge on any atom is 0.0653 e. The molecule has 2 aliphatic rings. The largest absolute Gasteiger partial charge is 0.316 e. The number of H-pyrrole nitrogens is 1. The first-order chi connectivity index (χ1) is 9.33. The van der Waals surface area contributed by atoms with Crippen molar-refractivity contribution in [2.45, 2.75) is 19.4 Å². The molecule has 4 nitrogen and oxygen atoms in total. The molecule has 20 heavy (non-hydrogen) atoms. The van der Waals surface area contributed by atoms with Crippen LogP contribution in [0.25, 0.3) is 10.9 Å². The number of nitrogens with zero attached hydrogens (tertiary/aromatic N) is 2. The van der Waals surface area contributed by atoms with Gasteiger partial charge in [-0.15, -0.1) is 12.4 Å². The Morgan fingerprint density at radius 1 is 1.30 bits per heavy atom. The molecule has 0 bridgehead atoms. The molecule has 3 heterocycles. The summed E-state index contributed by atoms with van der Waals surface area (Å²) >= 11 is 0. The van der Waals surface area contributed by atoms with Crippen LogP contribution >= 0.6 is 12.4 Å². The standard InChI is InChI=1S/C15H20N4.ClH/c1-2-13-8-17-18-14(13)7-12(1)9-19-6-4-15(11-19)3-5-16-10-15;/h1-2,7-8,16H,3-6,9-11H2,(H,17,18);1H. The molecule has 1 unspecified atom stereocenters. The fourth-order valence-corrected chi connectivity index (χ4v) is 3.65. The van der Waals surface area contributed by atoms with Crippen molar-refractivity contribution in [1.82, 2.24) is 20.4 Å². The summed E-state index contributed by atoms with van der Waals surface area (Å²) in [5.41, 5.74) is 3.10. The number of hydrogen-bond donors (Lipinski definition) is 2. The highest BCUT2D eigenvalue weighted by Gasteiger charge is 2.39. The van der Waals surface area contributed by atoms with Gasteiger partial charge in [0.1, 0.15) is 0 Å². The lowest BCUT2D eigenvalue weighted by atomic mass is 9.86. The minimum absolute atomic E-state index is 0. The Kier molecular flexibility index (Phi) is 3.71. The third kappa shape index (κ3) is 2.43. The van der Waals surface area contributed by atoms with Gasteiger partial charge in [0.15, 0.2) is 0 Å². The van der Waals surface area contributed by atoms with Crippen molar-refractivity contribution < 1.29 is 0 Å². The van der Waals surface area contributed by atoms with Crippen molar-refractivity contribution in [3.05, 3.63) is 30.0 Å². The average Bonchev–Trinajstić information content (AvgIpc) is 3.12. The molecule has 1 atom stereocenters. The van der Waals surface area contributed by atoms with E-state index in [1.54, 1.807) is 0 Å². The van der Waals surface area contributed by atoms with Gasteiger partial charge in [-0.2, -0.15) is 5.10 Å². The molecule has 2 aliphatic heterocycles. The van der Waals surface area contributed by atoms with E-state index >= 15 is 0 Å². The van der Waals surface area contributed by atoms with E-state index in [-0.39, 0.29) is 12.4 Å². The molecule has 1 aromatic heterocycles. The van der Waals surface area contributed by atoms with Crippen LogP contribution in [0.3, 0.4) is 0 Å². The van der Waals surface area contributed by atoms with Gasteiger partial charge in [-0.25, -0.2) is 0 Å². The summed E-state index contributed by atoms with van der Waals surface area (Å²) in [6.07, 6.45) is 4.59. The Morgan fingerprint density at radius 3 is 3.10 bits per heavy atom. The molecule has 0 saturated carbocycles. The minimum Gasteiger partial charge on any atom is -0.316 e. The molecule has 5 heteroatoms. The van der Waals surface area contributed by atoms with E-state index in [0.717, 1.165) is 12.1 Å². The van der Waals surface area contributed by atoms with Crippen LogP contribution in [0.15, 0.2) is 24.4 Å². The van der Waals surface area contributed by atoms with Gasteiger partial charge in [0.05, 0.1) is 11.7 Å². The van der Waals surface area contributed by atoms with Crippen molar-refractivity contribution in [2.75, 3.05) is 26.2 Å². The quantitative estimate of drug-likeness (QED) is 0.892. The molecule has 4 rings (SSSR count). The van der Waals surface area contributed by atoms with Crippen LogP contribution in [0.5, 0.6) is 0 Å². The smallest absolute Gasteiger partial charge is 0.0653 e. The van der Waals surface area contributed by atoms with Gasteiger partial charge in [-0.1, -0.05) is 12.1 Å². The minimum atomic E-state index is 0. The molecule has 2 fully saturated rings. The van der Waals surface area contributed by atoms with Gasteiger partial charge in [0.25, 0.3) is 0 Å². The Balaban J connectivity index is 0.00000121. The van der Waals surface area contributed by atoms with E-state index in [0.29, 0.717) is 5.41 Å². The van der Waals surface area contributed by atoms with Crippen molar-refractivity contribution in [3.63, 3.8) is 0 Å². The number of hydrogen-bond acceptors (Lipinski definition) is 3. The number of halogens is 1. The van der Waals surface area contributed by atoms with Gasteiger partial charge in [0.2, 0.25) is 0 Å². The number of rotatable bonds is 2. The van der Waals surface area contributed by atoms with Crippen LogP contribution in [0.4, 0.5) is 0 Å². The van der Waals surface area contributed by atoms with E-state index < -0.39 is 0 Å². The molecule has 1 aromatic carbocycles. The Morgan fingerprint density at radius 2 is 2.25 bits per heavy atom. The Labute approximate surface area is 125 Å². The molecule has 108 valence electrons. The van der Waals surface area contributed by atoms with Gasteiger partial charge in [0, 0.05) is 25.0 Å². The molecule has 2 aromatic rings. The Bertz CT molecular complexity index is 588. The summed E-state index contributed by atoms with van der Waals surface area (Å²) in [6.45, 7) is 5.97. The highest BCUT2D eigenvalue weighted by molar-refractivity contribution is 5.85. The monoisotopic (exact) mass is 292 g/mol. The molecule has 1 spiro atoms. The summed E-state index contributed by atoms with van der Waals surface area (Å²) in [4.78, 5) is 2.60. The number of nitrogens with one attached hydrogen (secondary N) is 2. The van der Waals surface area contributed by atoms with Crippen LogP contribution in [0, 0.1) is 5.41 Å². The summed E-state index contributed by atoms with van der Waals surface area (Å²) in [5, 5.41) is 11.9. The number of likely N-dealkylation sites (tertiary alicyclic amines) is 1. The first-order valence-corrected chi connectivity index (χ1v) is 7.18. The van der Waals surface area contributed by atoms with E-state index in [4.69, 9.17) is 0 Å². The second-order valence-corrected chi connectivity index (χ2v) is 6.18. The van der Waals surface area contributed by atoms with Gasteiger partial charge >= 0.3 is 0 Å². The van der Waals surface area contributed by atoms with Crippen molar-refractivity contribution in [1.29, 1.82) is 0 Å². The first kappa shape index (κ1) is 13.9. The summed E-state index contributed by atoms with van der Waals surface area (Å²) in [5.74, 6) is 0. The molecule has 0 aliphatic carbocycles. The molecule has 0 amide bonds. The summed E-state index contributed by atoms with van der Waals surface area (Å²) < 4.78 is 0. The lowest BCUT2D eigenvalue weighted by Crippen LogP contribution is -2.28. The zero-order valence-electron chi connectivity index (χ0n) is 11.6. The maximum atomic E-state index is 4.09. The fraction of sp³-hybridized carbons (Fsp3) is 0.533. The second kappa shape index (κ2) is 5.35. The number of benzene rings is 1. The number of aromatic amines is 1. The lowest BCUT2D eigenvalue weighted by Gasteiger charge is -2.22. The normalized spacial score (nSPS) is 26.4. The van der Waals surface area contributed by atoms with Crippen LogP contribution in [-0.2, 0) is 6.54 Å². The average molecular weight is 293 g/mol. The zero-order chi connectivity index (χ0) is 12.7. The van der Waals surface area contributed by atoms with Crippen LogP contribution in [0.2, 0.25) is 0 Å². The predicted octanol–water partition coefficient (Wildman–Crippen LogP) is 2.17.